The van der Waals surface area contributed by atoms with Crippen molar-refractivity contribution in [2.75, 3.05) is 64.7 Å². The number of rotatable bonds is 21. The van der Waals surface area contributed by atoms with Crippen molar-refractivity contribution in [1.82, 2.24) is 10.2 Å². The van der Waals surface area contributed by atoms with Crippen molar-refractivity contribution in [3.8, 4) is 0 Å². The molecule has 2 rings (SSSR count). The number of aryl methyl sites for hydroxylation is 1. The molecular formula is C33H54N4O8. The van der Waals surface area contributed by atoms with Crippen LogP contribution in [0.1, 0.15) is 53.0 Å². The van der Waals surface area contributed by atoms with E-state index in [9.17, 15) is 19.2 Å². The fourth-order valence-electron chi connectivity index (χ4n) is 3.70. The maximum Gasteiger partial charge on any atom is 0.253 e. The Morgan fingerprint density at radius 1 is 0.844 bits per heavy atom. The van der Waals surface area contributed by atoms with Crippen molar-refractivity contribution < 1.29 is 38.1 Å². The molecule has 0 spiro atoms. The summed E-state index contributed by atoms with van der Waals surface area (Å²) in [6.45, 7) is 16.1. The van der Waals surface area contributed by atoms with Crippen LogP contribution in [0.15, 0.2) is 49.2 Å². The first kappa shape index (κ1) is 41.4. The number of nitrogens with zero attached hydrogens (tertiary/aromatic N) is 1. The fourth-order valence-corrected chi connectivity index (χ4v) is 3.70. The van der Waals surface area contributed by atoms with Crippen LogP contribution in [0.25, 0.3) is 0 Å². The number of hydrogen-bond acceptors (Lipinski definition) is 9. The number of amides is 4. The normalized spacial score (nSPS) is 12.6. The van der Waals surface area contributed by atoms with Crippen molar-refractivity contribution in [3.63, 3.8) is 0 Å². The molecule has 0 aromatic heterocycles. The van der Waals surface area contributed by atoms with Crippen LogP contribution in [-0.2, 0) is 44.5 Å². The highest BCUT2D eigenvalue weighted by Crippen LogP contribution is 2.13. The molecule has 12 heteroatoms. The summed E-state index contributed by atoms with van der Waals surface area (Å²) in [6.07, 6.45) is 5.07. The monoisotopic (exact) mass is 634 g/mol. The maximum absolute atomic E-state index is 12.5. The lowest BCUT2D eigenvalue weighted by Gasteiger charge is -2.22. The molecule has 1 unspecified atom stereocenters. The molecule has 0 fully saturated rings. The predicted molar refractivity (Wildman–Crippen MR) is 175 cm³/mol. The van der Waals surface area contributed by atoms with Crippen molar-refractivity contribution in [3.05, 3.63) is 54.8 Å². The average Bonchev–Trinajstić information content (AvgIpc) is 3.34. The average molecular weight is 635 g/mol. The summed E-state index contributed by atoms with van der Waals surface area (Å²) < 4.78 is 21.7. The Morgan fingerprint density at radius 2 is 1.31 bits per heavy atom. The lowest BCUT2D eigenvalue weighted by Crippen LogP contribution is -2.41. The number of nitrogens with two attached hydrogens (primary N) is 1. The van der Waals surface area contributed by atoms with Gasteiger partial charge in [-0.2, -0.15) is 0 Å². The first-order chi connectivity index (χ1) is 21.7. The van der Waals surface area contributed by atoms with Crippen molar-refractivity contribution >= 4 is 29.3 Å². The number of ether oxygens (including phenoxy) is 4. The molecule has 1 heterocycles. The van der Waals surface area contributed by atoms with E-state index in [-0.39, 0.29) is 68.2 Å². The molecule has 1 aromatic carbocycles. The molecule has 0 saturated heterocycles. The first-order valence-electron chi connectivity index (χ1n) is 15.6. The largest absolute Gasteiger partial charge is 0.405 e. The molecule has 45 heavy (non-hydrogen) atoms. The van der Waals surface area contributed by atoms with Crippen LogP contribution in [0.5, 0.6) is 0 Å². The minimum absolute atomic E-state index is 0.101. The summed E-state index contributed by atoms with van der Waals surface area (Å²) in [5.74, 6) is -0.839. The SMILES string of the molecule is C=CN.CC.CCc1ccc(NC(=O)CC(NC(=O)CCOCCOCCOCCOCCN2C(=O)C=CC2=O)C(C)C)cc1. The van der Waals surface area contributed by atoms with Crippen molar-refractivity contribution in [1.29, 1.82) is 0 Å². The summed E-state index contributed by atoms with van der Waals surface area (Å²) in [5.41, 5.74) is 6.56. The van der Waals surface area contributed by atoms with E-state index in [1.807, 2.05) is 52.0 Å². The Morgan fingerprint density at radius 3 is 1.78 bits per heavy atom. The number of nitrogens with one attached hydrogen (secondary N) is 2. The van der Waals surface area contributed by atoms with Crippen LogP contribution in [0.2, 0.25) is 0 Å². The summed E-state index contributed by atoms with van der Waals surface area (Å²) in [4.78, 5) is 48.8. The van der Waals surface area contributed by atoms with Gasteiger partial charge in [-0.25, -0.2) is 0 Å². The van der Waals surface area contributed by atoms with E-state index >= 15 is 0 Å². The number of anilines is 1. The molecule has 0 bridgehead atoms. The van der Waals surface area contributed by atoms with Gasteiger partial charge >= 0.3 is 0 Å². The summed E-state index contributed by atoms with van der Waals surface area (Å²) >= 11 is 0. The first-order valence-corrected chi connectivity index (χ1v) is 15.6. The Bertz CT molecular complexity index is 996. The summed E-state index contributed by atoms with van der Waals surface area (Å²) in [6, 6.07) is 7.47. The summed E-state index contributed by atoms with van der Waals surface area (Å²) in [7, 11) is 0. The van der Waals surface area contributed by atoms with Crippen LogP contribution in [0, 0.1) is 5.92 Å². The molecular weight excluding hydrogens is 580 g/mol. The number of carbonyl (C=O) groups excluding carboxylic acids is 4. The molecule has 1 aliphatic rings. The molecule has 1 aromatic rings. The van der Waals surface area contributed by atoms with Gasteiger partial charge in [0.25, 0.3) is 11.8 Å². The molecule has 0 aliphatic carbocycles. The zero-order chi connectivity index (χ0) is 33.9. The van der Waals surface area contributed by atoms with Gasteiger partial charge < -0.3 is 35.3 Å². The maximum atomic E-state index is 12.5. The minimum atomic E-state index is -0.319. The molecule has 0 radical (unpaired) electrons. The molecule has 1 aliphatic heterocycles. The third-order valence-corrected chi connectivity index (χ3v) is 6.15. The lowest BCUT2D eigenvalue weighted by atomic mass is 10.00. The molecule has 4 amide bonds. The zero-order valence-corrected chi connectivity index (χ0v) is 27.7. The van der Waals surface area contributed by atoms with E-state index in [1.165, 1.54) is 23.9 Å². The number of imide groups is 1. The molecule has 4 N–H and O–H groups in total. The topological polar surface area (TPSA) is 159 Å². The second-order valence-electron chi connectivity index (χ2n) is 9.82. The molecule has 12 nitrogen and oxygen atoms in total. The fraction of sp³-hybridized carbons (Fsp3) is 0.576. The van der Waals surface area contributed by atoms with Crippen LogP contribution in [0.3, 0.4) is 0 Å². The van der Waals surface area contributed by atoms with Gasteiger partial charge in [0.1, 0.15) is 0 Å². The third-order valence-electron chi connectivity index (χ3n) is 6.15. The van der Waals surface area contributed by atoms with Crippen LogP contribution in [0.4, 0.5) is 5.69 Å². The van der Waals surface area contributed by atoms with E-state index in [1.54, 1.807) is 0 Å². The molecule has 1 atom stereocenters. The van der Waals surface area contributed by atoms with Gasteiger partial charge in [0, 0.05) is 36.7 Å². The Kier molecular flexibility index (Phi) is 24.7. The highest BCUT2D eigenvalue weighted by molar-refractivity contribution is 6.12. The van der Waals surface area contributed by atoms with E-state index in [2.05, 4.69) is 29.9 Å². The second kappa shape index (κ2) is 26.8. The van der Waals surface area contributed by atoms with Gasteiger partial charge in [0.2, 0.25) is 11.8 Å². The smallest absolute Gasteiger partial charge is 0.253 e. The van der Waals surface area contributed by atoms with E-state index in [0.717, 1.165) is 17.0 Å². The number of carbonyl (C=O) groups is 4. The van der Waals surface area contributed by atoms with Gasteiger partial charge in [0.05, 0.1) is 59.4 Å². The number of hydrogen-bond donors (Lipinski definition) is 3. The standard InChI is InChI=1S/C29H43N3O8.C2H5N.C2H6/c1-4-23-5-7-24(8-6-23)30-27(34)21-25(22(2)3)31-26(33)11-13-37-15-17-39-19-20-40-18-16-38-14-12-32-28(35)9-10-29(32)36;1-2-3;1-2/h5-10,22,25H,4,11-21H2,1-3H3,(H,30,34)(H,31,33);2H,1,3H2;1-2H3. The predicted octanol–water partition coefficient (Wildman–Crippen LogP) is 3.21. The van der Waals surface area contributed by atoms with Gasteiger partial charge in [-0.1, -0.05) is 53.3 Å². The van der Waals surface area contributed by atoms with Crippen LogP contribution >= 0.6 is 0 Å². The van der Waals surface area contributed by atoms with Gasteiger partial charge in [-0.3, -0.25) is 24.1 Å². The number of benzene rings is 1. The quantitative estimate of drug-likeness (QED) is 0.136. The van der Waals surface area contributed by atoms with E-state index < -0.39 is 0 Å². The van der Waals surface area contributed by atoms with Gasteiger partial charge in [-0.15, -0.1) is 0 Å². The Hall–Kier alpha value is -3.58. The van der Waals surface area contributed by atoms with Gasteiger partial charge in [-0.05, 0) is 36.2 Å². The summed E-state index contributed by atoms with van der Waals surface area (Å²) in [5, 5.41) is 5.83. The lowest BCUT2D eigenvalue weighted by molar-refractivity contribution is -0.137. The van der Waals surface area contributed by atoms with E-state index in [4.69, 9.17) is 18.9 Å². The second-order valence-corrected chi connectivity index (χ2v) is 9.82. The Balaban J connectivity index is 0.00000364. The molecule has 0 saturated carbocycles. The minimum Gasteiger partial charge on any atom is -0.405 e. The van der Waals surface area contributed by atoms with Crippen LogP contribution < -0.4 is 16.4 Å². The zero-order valence-electron chi connectivity index (χ0n) is 27.7. The third kappa shape index (κ3) is 20.1. The highest BCUT2D eigenvalue weighted by Gasteiger charge is 2.22. The van der Waals surface area contributed by atoms with Crippen molar-refractivity contribution in [2.24, 2.45) is 11.7 Å². The van der Waals surface area contributed by atoms with Gasteiger partial charge in [0.15, 0.2) is 0 Å². The molecule has 254 valence electrons. The Labute approximate surface area is 268 Å². The van der Waals surface area contributed by atoms with E-state index in [0.29, 0.717) is 39.6 Å². The van der Waals surface area contributed by atoms with Crippen molar-refractivity contribution in [2.45, 2.75) is 59.9 Å². The highest BCUT2D eigenvalue weighted by atomic mass is 16.6. The van der Waals surface area contributed by atoms with Crippen LogP contribution in [-0.4, -0.2) is 94.0 Å².